The molecule has 0 saturated carbocycles. The highest BCUT2D eigenvalue weighted by Gasteiger charge is 2.37. The van der Waals surface area contributed by atoms with E-state index in [1.165, 1.54) is 0 Å². The number of alkyl halides is 3. The molecule has 0 aliphatic rings. The van der Waals surface area contributed by atoms with E-state index in [9.17, 15) is 18.0 Å². The summed E-state index contributed by atoms with van der Waals surface area (Å²) in [6, 6.07) is 7.47. The lowest BCUT2D eigenvalue weighted by Crippen LogP contribution is -2.27. The lowest BCUT2D eigenvalue weighted by Gasteiger charge is -2.15. The lowest BCUT2D eigenvalue weighted by atomic mass is 10.1. The fourth-order valence-corrected chi connectivity index (χ4v) is 3.52. The molecule has 0 fully saturated rings. The average molecular weight is 470 g/mol. The molecule has 0 aliphatic heterocycles. The number of hydrogen-bond donors (Lipinski definition) is 1. The predicted molar refractivity (Wildman–Crippen MR) is 104 cm³/mol. The van der Waals surface area contributed by atoms with Gasteiger partial charge in [0.15, 0.2) is 0 Å². The monoisotopic (exact) mass is 469 g/mol. The van der Waals surface area contributed by atoms with E-state index in [1.54, 1.807) is 13.8 Å². The Labute approximate surface area is 173 Å². The molecule has 0 bridgehead atoms. The van der Waals surface area contributed by atoms with Crippen LogP contribution >= 0.6 is 15.9 Å². The summed E-state index contributed by atoms with van der Waals surface area (Å²) in [7, 11) is 0. The summed E-state index contributed by atoms with van der Waals surface area (Å²) in [6.45, 7) is 5.22. The fraction of sp³-hybridized carbons (Fsp3) is 0.368. The van der Waals surface area contributed by atoms with Gasteiger partial charge in [-0.25, -0.2) is 9.50 Å². The molecular weight excluding hydrogens is 451 g/mol. The zero-order valence-electron chi connectivity index (χ0n) is 16.0. The summed E-state index contributed by atoms with van der Waals surface area (Å²) in [6.07, 6.45) is -4.14. The van der Waals surface area contributed by atoms with Crippen molar-refractivity contribution in [3.8, 4) is 0 Å². The number of aryl methyl sites for hydroxylation is 2. The first-order valence-electron chi connectivity index (χ1n) is 8.91. The van der Waals surface area contributed by atoms with E-state index < -0.39 is 12.0 Å². The Bertz CT molecular complexity index is 1060. The Morgan fingerprint density at radius 2 is 2.00 bits per heavy atom. The Kier molecular flexibility index (Phi) is 5.92. The number of nitrogens with one attached hydrogen (secondary N) is 1. The molecule has 0 radical (unpaired) electrons. The highest BCUT2D eigenvalue weighted by Crippen LogP contribution is 2.27. The lowest BCUT2D eigenvalue weighted by molar-refractivity contribution is -0.144. The van der Waals surface area contributed by atoms with Crippen LogP contribution in [0.25, 0.3) is 5.78 Å². The molecule has 0 saturated heterocycles. The van der Waals surface area contributed by atoms with Crippen LogP contribution < -0.4 is 5.32 Å². The molecule has 2 heterocycles. The fourth-order valence-electron chi connectivity index (χ4n) is 3.10. The highest BCUT2D eigenvalue weighted by atomic mass is 79.9. The van der Waals surface area contributed by atoms with Crippen molar-refractivity contribution in [3.63, 3.8) is 0 Å². The minimum Gasteiger partial charge on any atom is -0.350 e. The Hall–Kier alpha value is -2.49. The van der Waals surface area contributed by atoms with Gasteiger partial charge in [-0.1, -0.05) is 28.1 Å². The van der Waals surface area contributed by atoms with Gasteiger partial charge >= 0.3 is 6.18 Å². The predicted octanol–water partition coefficient (Wildman–Crippen LogP) is 4.33. The van der Waals surface area contributed by atoms with Crippen LogP contribution in [0.5, 0.6) is 0 Å². The largest absolute Gasteiger partial charge is 0.453 e. The molecule has 154 valence electrons. The van der Waals surface area contributed by atoms with Crippen LogP contribution in [0.1, 0.15) is 47.7 Å². The van der Waals surface area contributed by atoms with Gasteiger partial charge in [-0.3, -0.25) is 4.79 Å². The van der Waals surface area contributed by atoms with Crippen molar-refractivity contribution in [1.29, 1.82) is 0 Å². The van der Waals surface area contributed by atoms with Crippen LogP contribution in [-0.4, -0.2) is 25.5 Å². The number of amides is 1. The maximum atomic E-state index is 12.9. The number of fused-ring (bicyclic) bond motifs is 1. The third-order valence-corrected chi connectivity index (χ3v) is 5.12. The van der Waals surface area contributed by atoms with Gasteiger partial charge in [0.05, 0.1) is 6.04 Å². The quantitative estimate of drug-likeness (QED) is 0.603. The first kappa shape index (κ1) is 21.2. The Morgan fingerprint density at radius 1 is 1.28 bits per heavy atom. The molecule has 3 rings (SSSR count). The van der Waals surface area contributed by atoms with E-state index in [2.05, 4.69) is 36.3 Å². The van der Waals surface area contributed by atoms with Crippen molar-refractivity contribution < 1.29 is 18.0 Å². The van der Waals surface area contributed by atoms with E-state index in [0.717, 1.165) is 14.6 Å². The average Bonchev–Trinajstić information content (AvgIpc) is 3.06. The van der Waals surface area contributed by atoms with Crippen LogP contribution in [-0.2, 0) is 17.4 Å². The minimum atomic E-state index is -4.64. The number of nitrogens with zero attached hydrogens (tertiary/aromatic N) is 4. The molecule has 1 atom stereocenters. The van der Waals surface area contributed by atoms with Crippen LogP contribution in [0.2, 0.25) is 0 Å². The van der Waals surface area contributed by atoms with Crippen molar-refractivity contribution >= 4 is 27.6 Å². The normalized spacial score (nSPS) is 12.9. The Morgan fingerprint density at radius 3 is 2.66 bits per heavy atom. The van der Waals surface area contributed by atoms with E-state index in [0.29, 0.717) is 23.4 Å². The Balaban J connectivity index is 1.73. The summed E-state index contributed by atoms with van der Waals surface area (Å²) >= 11 is 3.40. The molecule has 10 heteroatoms. The third-order valence-electron chi connectivity index (χ3n) is 4.63. The molecule has 1 unspecified atom stereocenters. The summed E-state index contributed by atoms with van der Waals surface area (Å²) < 4.78 is 40.6. The highest BCUT2D eigenvalue weighted by molar-refractivity contribution is 9.10. The van der Waals surface area contributed by atoms with E-state index in [4.69, 9.17) is 0 Å². The number of hydrogen-bond acceptors (Lipinski definition) is 4. The van der Waals surface area contributed by atoms with E-state index in [1.807, 2.05) is 31.2 Å². The van der Waals surface area contributed by atoms with E-state index in [-0.39, 0.29) is 24.1 Å². The van der Waals surface area contributed by atoms with Crippen molar-refractivity contribution in [1.82, 2.24) is 24.9 Å². The standard InChI is InChI=1S/C19H19BrF3N5O/c1-10(13-5-4-6-14(20)9-13)24-16(29)8-7-15-11(2)25-18-26-17(19(21,22)23)27-28(18)12(15)3/h4-6,9-10H,7-8H2,1-3H3,(H,24,29). The zero-order chi connectivity index (χ0) is 21.3. The van der Waals surface area contributed by atoms with Crippen LogP contribution in [0.4, 0.5) is 13.2 Å². The molecule has 29 heavy (non-hydrogen) atoms. The second-order valence-electron chi connectivity index (χ2n) is 6.75. The zero-order valence-corrected chi connectivity index (χ0v) is 17.6. The topological polar surface area (TPSA) is 72.2 Å². The first-order valence-corrected chi connectivity index (χ1v) is 9.70. The van der Waals surface area contributed by atoms with Gasteiger partial charge < -0.3 is 5.32 Å². The number of halogens is 4. The second kappa shape index (κ2) is 8.10. The second-order valence-corrected chi connectivity index (χ2v) is 7.67. The van der Waals surface area contributed by atoms with Crippen LogP contribution in [0, 0.1) is 13.8 Å². The molecule has 1 aromatic carbocycles. The van der Waals surface area contributed by atoms with Gasteiger partial charge in [0, 0.05) is 22.3 Å². The number of aromatic nitrogens is 4. The summed E-state index contributed by atoms with van der Waals surface area (Å²) in [4.78, 5) is 20.0. The summed E-state index contributed by atoms with van der Waals surface area (Å²) in [5.74, 6) is -1.50. The molecule has 2 aromatic heterocycles. The number of carbonyl (C=O) groups is 1. The van der Waals surface area contributed by atoms with Gasteiger partial charge in [0.1, 0.15) is 0 Å². The van der Waals surface area contributed by atoms with Crippen molar-refractivity contribution in [2.45, 2.75) is 45.8 Å². The van der Waals surface area contributed by atoms with Gasteiger partial charge in [-0.05, 0) is 50.5 Å². The van der Waals surface area contributed by atoms with Crippen LogP contribution in [0.15, 0.2) is 28.7 Å². The van der Waals surface area contributed by atoms with Crippen molar-refractivity contribution in [2.24, 2.45) is 0 Å². The van der Waals surface area contributed by atoms with Gasteiger partial charge in [0.2, 0.25) is 5.91 Å². The first-order chi connectivity index (χ1) is 13.6. The number of carbonyl (C=O) groups excluding carboxylic acids is 1. The summed E-state index contributed by atoms with van der Waals surface area (Å²) in [5.41, 5.74) is 2.67. The van der Waals surface area contributed by atoms with Gasteiger partial charge in [-0.2, -0.15) is 18.2 Å². The third kappa shape index (κ3) is 4.75. The smallest absolute Gasteiger partial charge is 0.350 e. The van der Waals surface area contributed by atoms with Crippen molar-refractivity contribution in [2.75, 3.05) is 0 Å². The molecular formula is C19H19BrF3N5O. The molecule has 6 nitrogen and oxygen atoms in total. The van der Waals surface area contributed by atoms with Gasteiger partial charge in [0.25, 0.3) is 11.6 Å². The van der Waals surface area contributed by atoms with Gasteiger partial charge in [-0.15, -0.1) is 5.10 Å². The van der Waals surface area contributed by atoms with Crippen molar-refractivity contribution in [3.05, 3.63) is 57.1 Å². The molecule has 0 aliphatic carbocycles. The number of benzene rings is 1. The molecule has 1 N–H and O–H groups in total. The molecule has 1 amide bonds. The maximum Gasteiger partial charge on any atom is 0.453 e. The minimum absolute atomic E-state index is 0.108. The maximum absolute atomic E-state index is 12.9. The summed E-state index contributed by atoms with van der Waals surface area (Å²) in [5, 5.41) is 6.45. The molecule has 0 spiro atoms. The number of rotatable bonds is 5. The van der Waals surface area contributed by atoms with Crippen LogP contribution in [0.3, 0.4) is 0 Å². The molecule has 3 aromatic rings. The SMILES string of the molecule is Cc1nc2nc(C(F)(F)F)nn2c(C)c1CCC(=O)NC(C)c1cccc(Br)c1. The van der Waals surface area contributed by atoms with E-state index >= 15 is 0 Å².